The molecular weight excluding hydrogens is 530 g/mol. The molecule has 0 saturated heterocycles. The van der Waals surface area contributed by atoms with Crippen LogP contribution < -0.4 is 9.47 Å². The fraction of sp³-hybridized carbons (Fsp3) is 0.419. The van der Waals surface area contributed by atoms with Crippen molar-refractivity contribution in [3.63, 3.8) is 0 Å². The molecule has 37 heavy (non-hydrogen) atoms. The highest BCUT2D eigenvalue weighted by molar-refractivity contribution is 9.10. The fourth-order valence-corrected chi connectivity index (χ4v) is 6.86. The van der Waals surface area contributed by atoms with Crippen LogP contribution in [0.1, 0.15) is 73.6 Å². The largest absolute Gasteiger partial charge is 0.493 e. The smallest absolute Gasteiger partial charge is 0.175 e. The molecule has 0 radical (unpaired) electrons. The van der Waals surface area contributed by atoms with Gasteiger partial charge in [-0.25, -0.2) is 0 Å². The van der Waals surface area contributed by atoms with Crippen LogP contribution in [0.2, 0.25) is 0 Å². The summed E-state index contributed by atoms with van der Waals surface area (Å²) in [4.78, 5) is 29.0. The Morgan fingerprint density at radius 2 is 1.49 bits per heavy atom. The average molecular weight is 565 g/mol. The second kappa shape index (κ2) is 10.5. The predicted octanol–water partition coefficient (Wildman–Crippen LogP) is 7.09. The van der Waals surface area contributed by atoms with Gasteiger partial charge in [0.15, 0.2) is 23.1 Å². The van der Waals surface area contributed by atoms with Gasteiger partial charge in [0.2, 0.25) is 0 Å². The lowest BCUT2D eigenvalue weighted by Gasteiger charge is -2.43. The second-order valence-corrected chi connectivity index (χ2v) is 11.1. The molecule has 5 rings (SSSR count). The van der Waals surface area contributed by atoms with Crippen molar-refractivity contribution in [3.8, 4) is 11.5 Å². The van der Waals surface area contributed by atoms with Crippen LogP contribution in [0, 0.1) is 13.8 Å². The molecule has 0 bridgehead atoms. The number of carbonyl (C=O) groups excluding carboxylic acids is 2. The monoisotopic (exact) mass is 563 g/mol. The average Bonchev–Trinajstić information content (AvgIpc) is 2.86. The van der Waals surface area contributed by atoms with Gasteiger partial charge in [-0.05, 0) is 85.6 Å². The predicted molar refractivity (Wildman–Crippen MR) is 148 cm³/mol. The third-order valence-corrected chi connectivity index (χ3v) is 8.24. The zero-order chi connectivity index (χ0) is 26.3. The first kappa shape index (κ1) is 25.8. The SMILES string of the molecule is CCN1C2=C(C(=O)CCC2)C(c2cc(Br)c(OCc3cc(C)cc(C)c3)c(OC)c2)C2=C1CCCC2=O. The number of methoxy groups -OCH3 is 1. The Hall–Kier alpha value is -2.86. The van der Waals surface area contributed by atoms with Gasteiger partial charge in [0.1, 0.15) is 6.61 Å². The molecular formula is C31H34BrNO4. The minimum atomic E-state index is -0.368. The zero-order valence-electron chi connectivity index (χ0n) is 22.1. The Morgan fingerprint density at radius 3 is 2.03 bits per heavy atom. The van der Waals surface area contributed by atoms with Crippen molar-refractivity contribution in [2.75, 3.05) is 13.7 Å². The molecule has 2 aromatic carbocycles. The van der Waals surface area contributed by atoms with E-state index in [4.69, 9.17) is 9.47 Å². The highest BCUT2D eigenvalue weighted by Gasteiger charge is 2.43. The van der Waals surface area contributed by atoms with E-state index in [1.807, 2.05) is 12.1 Å². The number of halogens is 1. The summed E-state index contributed by atoms with van der Waals surface area (Å²) < 4.78 is 12.8. The van der Waals surface area contributed by atoms with Crippen molar-refractivity contribution < 1.29 is 19.1 Å². The van der Waals surface area contributed by atoms with E-state index in [-0.39, 0.29) is 17.5 Å². The lowest BCUT2D eigenvalue weighted by atomic mass is 9.71. The molecule has 3 aliphatic rings. The molecule has 194 valence electrons. The summed E-state index contributed by atoms with van der Waals surface area (Å²) in [5.41, 5.74) is 8.16. The number of rotatable bonds is 6. The van der Waals surface area contributed by atoms with Crippen molar-refractivity contribution in [1.29, 1.82) is 0 Å². The molecule has 1 heterocycles. The highest BCUT2D eigenvalue weighted by Crippen LogP contribution is 2.51. The maximum atomic E-state index is 13.4. The van der Waals surface area contributed by atoms with Gasteiger partial charge in [0.25, 0.3) is 0 Å². The molecule has 0 aromatic heterocycles. The van der Waals surface area contributed by atoms with Gasteiger partial charge < -0.3 is 14.4 Å². The Kier molecular flexibility index (Phi) is 7.30. The van der Waals surface area contributed by atoms with Crippen LogP contribution in [0.25, 0.3) is 0 Å². The summed E-state index contributed by atoms with van der Waals surface area (Å²) in [5, 5.41) is 0. The summed E-state index contributed by atoms with van der Waals surface area (Å²) in [6.07, 6.45) is 4.50. The van der Waals surface area contributed by atoms with E-state index < -0.39 is 0 Å². The third kappa shape index (κ3) is 4.76. The van der Waals surface area contributed by atoms with Gasteiger partial charge in [-0.2, -0.15) is 0 Å². The third-order valence-electron chi connectivity index (χ3n) is 7.65. The quantitative estimate of drug-likeness (QED) is 0.375. The molecule has 0 amide bonds. The van der Waals surface area contributed by atoms with Crippen LogP contribution in [0.4, 0.5) is 0 Å². The second-order valence-electron chi connectivity index (χ2n) is 10.3. The van der Waals surface area contributed by atoms with Crippen LogP contribution in [-0.2, 0) is 16.2 Å². The summed E-state index contributed by atoms with van der Waals surface area (Å²) in [5.74, 6) is 1.14. The minimum absolute atomic E-state index is 0.153. The lowest BCUT2D eigenvalue weighted by Crippen LogP contribution is -2.39. The Balaban J connectivity index is 1.59. The Morgan fingerprint density at radius 1 is 0.892 bits per heavy atom. The van der Waals surface area contributed by atoms with Gasteiger partial charge in [0.05, 0.1) is 11.6 Å². The van der Waals surface area contributed by atoms with Crippen molar-refractivity contribution >= 4 is 27.5 Å². The van der Waals surface area contributed by atoms with Crippen LogP contribution >= 0.6 is 15.9 Å². The fourth-order valence-electron chi connectivity index (χ4n) is 6.29. The molecule has 0 spiro atoms. The first-order chi connectivity index (χ1) is 17.8. The van der Waals surface area contributed by atoms with Gasteiger partial charge in [-0.3, -0.25) is 9.59 Å². The normalized spacial score (nSPS) is 18.2. The number of ether oxygens (including phenoxy) is 2. The maximum absolute atomic E-state index is 13.4. The summed E-state index contributed by atoms with van der Waals surface area (Å²) in [6.45, 7) is 7.44. The van der Waals surface area contributed by atoms with Gasteiger partial charge >= 0.3 is 0 Å². The van der Waals surface area contributed by atoms with Crippen LogP contribution in [0.3, 0.4) is 0 Å². The van der Waals surface area contributed by atoms with Crippen molar-refractivity contribution in [2.45, 2.75) is 71.8 Å². The molecule has 5 nitrogen and oxygen atoms in total. The first-order valence-electron chi connectivity index (χ1n) is 13.2. The molecule has 0 unspecified atom stereocenters. The minimum Gasteiger partial charge on any atom is -0.493 e. The lowest BCUT2D eigenvalue weighted by molar-refractivity contribution is -0.117. The number of hydrogen-bond donors (Lipinski definition) is 0. The first-order valence-corrected chi connectivity index (χ1v) is 14.0. The van der Waals surface area contributed by atoms with Gasteiger partial charge in [0, 0.05) is 47.8 Å². The number of hydrogen-bond acceptors (Lipinski definition) is 5. The zero-order valence-corrected chi connectivity index (χ0v) is 23.7. The summed E-state index contributed by atoms with van der Waals surface area (Å²) in [7, 11) is 1.63. The van der Waals surface area contributed by atoms with E-state index in [0.29, 0.717) is 30.9 Å². The van der Waals surface area contributed by atoms with Gasteiger partial charge in [-0.1, -0.05) is 29.3 Å². The van der Waals surface area contributed by atoms with E-state index >= 15 is 0 Å². The number of nitrogens with zero attached hydrogens (tertiary/aromatic N) is 1. The molecule has 0 atom stereocenters. The number of Topliss-reactive ketones (excluding diaryl/α,β-unsaturated/α-hetero) is 2. The molecule has 0 fully saturated rings. The molecule has 2 aromatic rings. The Bertz CT molecular complexity index is 1270. The van der Waals surface area contributed by atoms with E-state index in [1.165, 1.54) is 11.1 Å². The van der Waals surface area contributed by atoms with Crippen molar-refractivity contribution in [2.24, 2.45) is 0 Å². The number of carbonyl (C=O) groups is 2. The summed E-state index contributed by atoms with van der Waals surface area (Å²) in [6, 6.07) is 10.3. The van der Waals surface area contributed by atoms with Crippen LogP contribution in [0.15, 0.2) is 57.3 Å². The van der Waals surface area contributed by atoms with E-state index in [1.54, 1.807) is 7.11 Å². The number of allylic oxidation sites excluding steroid dienone is 4. The topological polar surface area (TPSA) is 55.8 Å². The standard InChI is InChI=1S/C31H34BrNO4/c1-5-33-23-8-6-10-25(34)29(23)28(30-24(33)9-7-11-26(30)35)21-15-22(32)31(27(16-21)36-4)37-17-20-13-18(2)12-19(3)14-20/h12-16,28H,5-11,17H2,1-4H3. The van der Waals surface area contributed by atoms with Gasteiger partial charge in [-0.15, -0.1) is 0 Å². The summed E-state index contributed by atoms with van der Waals surface area (Å²) >= 11 is 3.72. The molecule has 0 saturated carbocycles. The molecule has 6 heteroatoms. The number of aryl methyl sites for hydroxylation is 2. The van der Waals surface area contributed by atoms with E-state index in [2.05, 4.69) is 59.8 Å². The maximum Gasteiger partial charge on any atom is 0.175 e. The van der Waals surface area contributed by atoms with Crippen LogP contribution in [0.5, 0.6) is 11.5 Å². The number of benzene rings is 2. The van der Waals surface area contributed by atoms with Crippen molar-refractivity contribution in [3.05, 3.63) is 79.6 Å². The van der Waals surface area contributed by atoms with Crippen molar-refractivity contribution in [1.82, 2.24) is 4.90 Å². The molecule has 1 aliphatic heterocycles. The Labute approximate surface area is 227 Å². The van der Waals surface area contributed by atoms with Crippen LogP contribution in [-0.4, -0.2) is 30.1 Å². The molecule has 0 N–H and O–H groups in total. The number of ketones is 2. The molecule has 2 aliphatic carbocycles. The highest BCUT2D eigenvalue weighted by atomic mass is 79.9. The van der Waals surface area contributed by atoms with E-state index in [0.717, 1.165) is 70.4 Å². The van der Waals surface area contributed by atoms with E-state index in [9.17, 15) is 9.59 Å².